The van der Waals surface area contributed by atoms with E-state index in [0.717, 1.165) is 30.8 Å². The predicted molar refractivity (Wildman–Crippen MR) is 65.9 cm³/mol. The van der Waals surface area contributed by atoms with Gasteiger partial charge in [0.05, 0.1) is 0 Å². The Balaban J connectivity index is 2.14. The van der Waals surface area contributed by atoms with E-state index in [4.69, 9.17) is 4.74 Å². The number of rotatable bonds is 0. The number of nitrogens with one attached hydrogen (secondary N) is 1. The molecule has 0 aliphatic carbocycles. The van der Waals surface area contributed by atoms with Crippen LogP contribution in [-0.4, -0.2) is 42.6 Å². The number of ether oxygens (including phenoxy) is 1. The normalized spacial score (nSPS) is 20.3. The maximum atomic E-state index is 12.0. The van der Waals surface area contributed by atoms with Crippen LogP contribution in [0.25, 0.3) is 0 Å². The molecule has 0 bridgehead atoms. The molecule has 2 rings (SSSR count). The molecule has 94 valence electrons. The summed E-state index contributed by atoms with van der Waals surface area (Å²) in [5, 5.41) is 3.26. The van der Waals surface area contributed by atoms with E-state index in [1.165, 1.54) is 0 Å². The van der Waals surface area contributed by atoms with Crippen LogP contribution < -0.4 is 5.32 Å². The van der Waals surface area contributed by atoms with Crippen LogP contribution in [0.4, 0.5) is 4.79 Å². The zero-order valence-electron chi connectivity index (χ0n) is 10.6. The monoisotopic (exact) mass is 237 g/mol. The van der Waals surface area contributed by atoms with E-state index in [1.54, 1.807) is 4.90 Å². The predicted octanol–water partition coefficient (Wildman–Crippen LogP) is 1.51. The van der Waals surface area contributed by atoms with Gasteiger partial charge in [0.2, 0.25) is 0 Å². The van der Waals surface area contributed by atoms with Gasteiger partial charge in [-0.25, -0.2) is 4.79 Å². The van der Waals surface area contributed by atoms with Gasteiger partial charge in [0, 0.05) is 37.0 Å². The minimum absolute atomic E-state index is 0.302. The lowest BCUT2D eigenvalue weighted by molar-refractivity contribution is 0.0307. The fraction of sp³-hybridized carbons (Fsp3) is 0.667. The van der Waals surface area contributed by atoms with Crippen LogP contribution >= 0.6 is 0 Å². The molecule has 5 nitrogen and oxygen atoms in total. The summed E-state index contributed by atoms with van der Waals surface area (Å²) in [6.07, 6.45) is 2.40. The van der Waals surface area contributed by atoms with Crippen molar-refractivity contribution >= 4 is 12.3 Å². The van der Waals surface area contributed by atoms with Crippen LogP contribution in [0.2, 0.25) is 0 Å². The van der Waals surface area contributed by atoms with Crippen molar-refractivity contribution in [3.05, 3.63) is 11.3 Å². The molecule has 0 aromatic rings. The van der Waals surface area contributed by atoms with E-state index in [1.807, 2.05) is 27.0 Å². The topological polar surface area (TPSA) is 53.9 Å². The van der Waals surface area contributed by atoms with Gasteiger partial charge in [0.15, 0.2) is 0 Å². The average molecular weight is 237 g/mol. The van der Waals surface area contributed by atoms with E-state index in [2.05, 4.69) is 10.3 Å². The zero-order chi connectivity index (χ0) is 12.5. The number of amides is 1. The molecular formula is C12H19N3O2. The number of aliphatic imine (C=N–C) groups is 1. The van der Waals surface area contributed by atoms with E-state index in [0.29, 0.717) is 6.67 Å². The van der Waals surface area contributed by atoms with Crippen LogP contribution in [0.15, 0.2) is 16.3 Å². The minimum atomic E-state index is -0.466. The van der Waals surface area contributed by atoms with Gasteiger partial charge in [-0.1, -0.05) is 0 Å². The number of hydrogen-bond donors (Lipinski definition) is 1. The van der Waals surface area contributed by atoms with Gasteiger partial charge in [-0.2, -0.15) is 0 Å². The Labute approximate surface area is 102 Å². The van der Waals surface area contributed by atoms with Crippen molar-refractivity contribution in [2.45, 2.75) is 32.8 Å². The first-order valence-corrected chi connectivity index (χ1v) is 5.90. The second-order valence-electron chi connectivity index (χ2n) is 5.26. The molecule has 0 saturated carbocycles. The third kappa shape index (κ3) is 2.85. The van der Waals surface area contributed by atoms with Crippen molar-refractivity contribution in [2.24, 2.45) is 4.99 Å². The molecule has 2 aliphatic heterocycles. The van der Waals surface area contributed by atoms with Crippen LogP contribution in [0.3, 0.4) is 0 Å². The highest BCUT2D eigenvalue weighted by Gasteiger charge is 2.28. The zero-order valence-corrected chi connectivity index (χ0v) is 10.6. The van der Waals surface area contributed by atoms with Crippen LogP contribution in [-0.2, 0) is 4.74 Å². The molecule has 0 saturated heterocycles. The van der Waals surface area contributed by atoms with Crippen molar-refractivity contribution in [1.29, 1.82) is 0 Å². The van der Waals surface area contributed by atoms with Crippen molar-refractivity contribution in [3.63, 3.8) is 0 Å². The highest BCUT2D eigenvalue weighted by atomic mass is 16.6. The van der Waals surface area contributed by atoms with Gasteiger partial charge in [0.25, 0.3) is 0 Å². The Bertz CT molecular complexity index is 380. The summed E-state index contributed by atoms with van der Waals surface area (Å²) < 4.78 is 5.38. The molecule has 0 atom stereocenters. The molecule has 2 heterocycles. The Kier molecular flexibility index (Phi) is 3.19. The Hall–Kier alpha value is -1.36. The first-order valence-electron chi connectivity index (χ1n) is 5.90. The molecule has 0 aromatic heterocycles. The Morgan fingerprint density at radius 3 is 3.00 bits per heavy atom. The van der Waals surface area contributed by atoms with E-state index in [-0.39, 0.29) is 6.09 Å². The Morgan fingerprint density at radius 2 is 2.29 bits per heavy atom. The minimum Gasteiger partial charge on any atom is -0.443 e. The summed E-state index contributed by atoms with van der Waals surface area (Å²) >= 11 is 0. The fourth-order valence-electron chi connectivity index (χ4n) is 1.92. The van der Waals surface area contributed by atoms with Gasteiger partial charge < -0.3 is 10.1 Å². The maximum absolute atomic E-state index is 12.0. The third-order valence-electron chi connectivity index (χ3n) is 2.63. The van der Waals surface area contributed by atoms with Crippen molar-refractivity contribution in [2.75, 3.05) is 19.8 Å². The second kappa shape index (κ2) is 4.49. The van der Waals surface area contributed by atoms with Crippen LogP contribution in [0.5, 0.6) is 0 Å². The van der Waals surface area contributed by atoms with Gasteiger partial charge >= 0.3 is 6.09 Å². The van der Waals surface area contributed by atoms with Gasteiger partial charge in [-0.3, -0.25) is 9.89 Å². The summed E-state index contributed by atoms with van der Waals surface area (Å²) in [6, 6.07) is 0. The number of carbonyl (C=O) groups is 1. The number of carbonyl (C=O) groups excluding carboxylic acids is 1. The summed E-state index contributed by atoms with van der Waals surface area (Å²) in [6.45, 7) is 7.65. The van der Waals surface area contributed by atoms with Crippen molar-refractivity contribution in [1.82, 2.24) is 10.2 Å². The fourth-order valence-corrected chi connectivity index (χ4v) is 1.92. The van der Waals surface area contributed by atoms with Gasteiger partial charge in [0.1, 0.15) is 12.3 Å². The van der Waals surface area contributed by atoms with Crippen LogP contribution in [0.1, 0.15) is 27.2 Å². The van der Waals surface area contributed by atoms with Gasteiger partial charge in [-0.05, 0) is 20.8 Å². The lowest BCUT2D eigenvalue weighted by Gasteiger charge is -2.33. The maximum Gasteiger partial charge on any atom is 0.416 e. The summed E-state index contributed by atoms with van der Waals surface area (Å²) in [4.78, 5) is 17.9. The molecule has 17 heavy (non-hydrogen) atoms. The number of hydrogen-bond acceptors (Lipinski definition) is 4. The molecule has 0 unspecified atom stereocenters. The lowest BCUT2D eigenvalue weighted by Crippen LogP contribution is -2.42. The molecular weight excluding hydrogens is 218 g/mol. The van der Waals surface area contributed by atoms with Crippen LogP contribution in [0, 0.1) is 0 Å². The van der Waals surface area contributed by atoms with Crippen molar-refractivity contribution in [3.8, 4) is 0 Å². The summed E-state index contributed by atoms with van der Waals surface area (Å²) in [5.74, 6) is 0. The lowest BCUT2D eigenvalue weighted by atomic mass is 10.1. The van der Waals surface area contributed by atoms with Gasteiger partial charge in [-0.15, -0.1) is 0 Å². The first kappa shape index (κ1) is 12.1. The average Bonchev–Trinajstić information content (AvgIpc) is 2.26. The van der Waals surface area contributed by atoms with Crippen molar-refractivity contribution < 1.29 is 9.53 Å². The van der Waals surface area contributed by atoms with E-state index >= 15 is 0 Å². The standard InChI is InChI=1S/C12H19N3O2/c1-12(2,3)17-11(16)15-8-14-7-9-6-13-5-4-10(9)15/h7,13H,4-6,8H2,1-3H3. The Morgan fingerprint density at radius 1 is 1.53 bits per heavy atom. The molecule has 0 radical (unpaired) electrons. The van der Waals surface area contributed by atoms with E-state index < -0.39 is 5.60 Å². The summed E-state index contributed by atoms with van der Waals surface area (Å²) in [7, 11) is 0. The second-order valence-corrected chi connectivity index (χ2v) is 5.26. The highest BCUT2D eigenvalue weighted by molar-refractivity contribution is 5.84. The molecule has 1 N–H and O–H groups in total. The molecule has 0 fully saturated rings. The SMILES string of the molecule is CC(C)(C)OC(=O)N1CN=CC2=C1CCNC2. The molecule has 0 aromatic carbocycles. The third-order valence-corrected chi connectivity index (χ3v) is 2.63. The highest BCUT2D eigenvalue weighted by Crippen LogP contribution is 2.22. The molecule has 2 aliphatic rings. The molecule has 0 spiro atoms. The number of nitrogens with zero attached hydrogens (tertiary/aromatic N) is 2. The molecule has 5 heteroatoms. The summed E-state index contributed by atoms with van der Waals surface area (Å²) in [5.41, 5.74) is 1.67. The first-order chi connectivity index (χ1) is 7.97. The van der Waals surface area contributed by atoms with E-state index in [9.17, 15) is 4.79 Å². The largest absolute Gasteiger partial charge is 0.443 e. The quantitative estimate of drug-likeness (QED) is 0.695. The molecule has 1 amide bonds. The smallest absolute Gasteiger partial charge is 0.416 e.